The van der Waals surface area contributed by atoms with Crippen LogP contribution in [-0.4, -0.2) is 30.4 Å². The molecule has 0 fully saturated rings. The Morgan fingerprint density at radius 1 is 1.50 bits per heavy atom. The first-order valence-corrected chi connectivity index (χ1v) is 5.42. The van der Waals surface area contributed by atoms with Crippen LogP contribution in [0.2, 0.25) is 0 Å². The Labute approximate surface area is 110 Å². The lowest BCUT2D eigenvalue weighted by molar-refractivity contribution is -0.139. The molecule has 98 valence electrons. The summed E-state index contributed by atoms with van der Waals surface area (Å²) >= 11 is 4.69. The van der Waals surface area contributed by atoms with Gasteiger partial charge in [0.05, 0.1) is 26.3 Å². The summed E-state index contributed by atoms with van der Waals surface area (Å²) in [6.45, 7) is 0. The number of thiocarbonyl (C=S) groups is 1. The number of nitrogens with one attached hydrogen (secondary N) is 1. The summed E-state index contributed by atoms with van der Waals surface area (Å²) in [7, 11) is 2.70. The van der Waals surface area contributed by atoms with E-state index in [1.54, 1.807) is 6.07 Å². The highest BCUT2D eigenvalue weighted by Gasteiger charge is 2.13. The molecule has 18 heavy (non-hydrogen) atoms. The third-order valence-electron chi connectivity index (χ3n) is 2.19. The van der Waals surface area contributed by atoms with Crippen molar-refractivity contribution in [3.8, 4) is 11.5 Å². The summed E-state index contributed by atoms with van der Waals surface area (Å²) in [4.78, 5) is 11.2. The zero-order valence-corrected chi connectivity index (χ0v) is 10.8. The van der Waals surface area contributed by atoms with E-state index in [-0.39, 0.29) is 28.7 Å². The molecule has 0 saturated heterocycles. The maximum atomic E-state index is 11.2. The lowest BCUT2D eigenvalue weighted by Crippen LogP contribution is -2.19. The maximum absolute atomic E-state index is 11.2. The van der Waals surface area contributed by atoms with E-state index < -0.39 is 5.97 Å². The highest BCUT2D eigenvalue weighted by Crippen LogP contribution is 2.35. The molecule has 0 radical (unpaired) electrons. The van der Waals surface area contributed by atoms with Crippen molar-refractivity contribution in [1.29, 1.82) is 0 Å². The van der Waals surface area contributed by atoms with Gasteiger partial charge in [0.25, 0.3) is 0 Å². The van der Waals surface area contributed by atoms with Gasteiger partial charge in [0, 0.05) is 0 Å². The van der Waals surface area contributed by atoms with E-state index in [0.717, 1.165) is 0 Å². The lowest BCUT2D eigenvalue weighted by atomic mass is 10.1. The van der Waals surface area contributed by atoms with Gasteiger partial charge in [0.2, 0.25) is 0 Å². The van der Waals surface area contributed by atoms with Gasteiger partial charge in [-0.2, -0.15) is 0 Å². The average Bonchev–Trinajstić information content (AvgIpc) is 2.32. The van der Waals surface area contributed by atoms with Gasteiger partial charge in [0.15, 0.2) is 16.6 Å². The number of ether oxygens (including phenoxy) is 2. The van der Waals surface area contributed by atoms with Crippen LogP contribution in [0.4, 0.5) is 5.69 Å². The first kappa shape index (κ1) is 14.0. The van der Waals surface area contributed by atoms with Gasteiger partial charge < -0.3 is 25.6 Å². The number of aromatic hydroxyl groups is 1. The molecule has 1 aromatic rings. The Balaban J connectivity index is 3.12. The molecule has 0 aliphatic carbocycles. The summed E-state index contributed by atoms with van der Waals surface area (Å²) in [6.07, 6.45) is 0.0547. The number of carbonyl (C=O) groups is 1. The molecule has 0 saturated carbocycles. The number of esters is 1. The van der Waals surface area contributed by atoms with Gasteiger partial charge in [-0.3, -0.25) is 4.79 Å². The quantitative estimate of drug-likeness (QED) is 0.422. The largest absolute Gasteiger partial charge is 0.503 e. The molecule has 0 aliphatic heterocycles. The summed E-state index contributed by atoms with van der Waals surface area (Å²) in [5.41, 5.74) is 6.22. The van der Waals surface area contributed by atoms with Gasteiger partial charge in [-0.15, -0.1) is 0 Å². The summed E-state index contributed by atoms with van der Waals surface area (Å²) < 4.78 is 9.56. The number of nitrogens with two attached hydrogens (primary N) is 1. The van der Waals surface area contributed by atoms with E-state index in [4.69, 9.17) is 22.7 Å². The standard InChI is InChI=1S/C11H14N2O4S/c1-16-8-4-6(5-9(14)17-2)3-7(10(8)15)13-11(12)18/h3-4,15H,5H2,1-2H3,(H3,12,13,18). The number of anilines is 1. The van der Waals surface area contributed by atoms with Crippen molar-refractivity contribution in [2.75, 3.05) is 19.5 Å². The number of hydrogen-bond acceptors (Lipinski definition) is 5. The monoisotopic (exact) mass is 270 g/mol. The Morgan fingerprint density at radius 3 is 2.67 bits per heavy atom. The fourth-order valence-electron chi connectivity index (χ4n) is 1.39. The van der Waals surface area contributed by atoms with Crippen LogP contribution in [-0.2, 0) is 16.0 Å². The van der Waals surface area contributed by atoms with Gasteiger partial charge in [0.1, 0.15) is 0 Å². The van der Waals surface area contributed by atoms with E-state index in [1.165, 1.54) is 20.3 Å². The second-order valence-electron chi connectivity index (χ2n) is 3.44. The van der Waals surface area contributed by atoms with E-state index in [0.29, 0.717) is 5.56 Å². The van der Waals surface area contributed by atoms with Gasteiger partial charge in [-0.05, 0) is 29.9 Å². The normalized spacial score (nSPS) is 9.67. The zero-order valence-electron chi connectivity index (χ0n) is 10.0. The Kier molecular flexibility index (Phi) is 4.73. The Bertz CT molecular complexity index is 476. The van der Waals surface area contributed by atoms with Gasteiger partial charge in [-0.1, -0.05) is 0 Å². The fraction of sp³-hybridized carbons (Fsp3) is 0.273. The second kappa shape index (κ2) is 6.06. The molecule has 0 bridgehead atoms. The number of methoxy groups -OCH3 is 2. The summed E-state index contributed by atoms with van der Waals surface area (Å²) in [6, 6.07) is 3.09. The van der Waals surface area contributed by atoms with Crippen LogP contribution in [0.5, 0.6) is 11.5 Å². The minimum absolute atomic E-state index is 0.00238. The highest BCUT2D eigenvalue weighted by atomic mass is 32.1. The predicted octanol–water partition coefficient (Wildman–Crippen LogP) is 0.772. The molecule has 1 aromatic carbocycles. The van der Waals surface area contributed by atoms with Crippen molar-refractivity contribution in [2.45, 2.75) is 6.42 Å². The minimum atomic E-state index is -0.399. The molecule has 4 N–H and O–H groups in total. The zero-order chi connectivity index (χ0) is 13.7. The second-order valence-corrected chi connectivity index (χ2v) is 3.88. The van der Waals surface area contributed by atoms with Crippen LogP contribution >= 0.6 is 12.2 Å². The van der Waals surface area contributed by atoms with E-state index >= 15 is 0 Å². The number of phenolic OH excluding ortho intramolecular Hbond substituents is 1. The van der Waals surface area contributed by atoms with Crippen LogP contribution in [0.3, 0.4) is 0 Å². The van der Waals surface area contributed by atoms with Crippen molar-refractivity contribution in [1.82, 2.24) is 0 Å². The fourth-order valence-corrected chi connectivity index (χ4v) is 1.50. The Morgan fingerprint density at radius 2 is 2.17 bits per heavy atom. The highest BCUT2D eigenvalue weighted by molar-refractivity contribution is 7.80. The molecule has 0 heterocycles. The van der Waals surface area contributed by atoms with Crippen LogP contribution in [0.25, 0.3) is 0 Å². The van der Waals surface area contributed by atoms with Gasteiger partial charge >= 0.3 is 5.97 Å². The average molecular weight is 270 g/mol. The van der Waals surface area contributed by atoms with Crippen LogP contribution < -0.4 is 15.8 Å². The molecule has 7 heteroatoms. The molecule has 0 aromatic heterocycles. The van der Waals surface area contributed by atoms with Crippen molar-refractivity contribution in [2.24, 2.45) is 5.73 Å². The molecule has 1 rings (SSSR count). The third kappa shape index (κ3) is 3.49. The van der Waals surface area contributed by atoms with E-state index in [9.17, 15) is 9.90 Å². The Hall–Kier alpha value is -2.02. The molecular formula is C11H14N2O4S. The maximum Gasteiger partial charge on any atom is 0.309 e. The molecule has 0 spiro atoms. The number of benzene rings is 1. The van der Waals surface area contributed by atoms with Crippen molar-refractivity contribution in [3.63, 3.8) is 0 Å². The van der Waals surface area contributed by atoms with Crippen LogP contribution in [0.1, 0.15) is 5.56 Å². The van der Waals surface area contributed by atoms with E-state index in [2.05, 4.69) is 10.1 Å². The molecule has 0 unspecified atom stereocenters. The van der Waals surface area contributed by atoms with Crippen LogP contribution in [0, 0.1) is 0 Å². The molecule has 0 aliphatic rings. The SMILES string of the molecule is COC(=O)Cc1cc(NC(N)=S)c(O)c(OC)c1. The third-order valence-corrected chi connectivity index (χ3v) is 2.29. The molecule has 0 amide bonds. The summed E-state index contributed by atoms with van der Waals surface area (Å²) in [5.74, 6) is -0.307. The van der Waals surface area contributed by atoms with Crippen molar-refractivity contribution < 1.29 is 19.4 Å². The van der Waals surface area contributed by atoms with Crippen molar-refractivity contribution in [3.05, 3.63) is 17.7 Å². The minimum Gasteiger partial charge on any atom is -0.503 e. The smallest absolute Gasteiger partial charge is 0.309 e. The first-order valence-electron chi connectivity index (χ1n) is 5.01. The van der Waals surface area contributed by atoms with Crippen LogP contribution in [0.15, 0.2) is 12.1 Å². The number of carbonyl (C=O) groups excluding carboxylic acids is 1. The van der Waals surface area contributed by atoms with E-state index in [1.807, 2.05) is 0 Å². The van der Waals surface area contributed by atoms with Crippen molar-refractivity contribution >= 4 is 29.0 Å². The predicted molar refractivity (Wildman–Crippen MR) is 70.8 cm³/mol. The lowest BCUT2D eigenvalue weighted by Gasteiger charge is -2.12. The van der Waals surface area contributed by atoms with Gasteiger partial charge in [-0.25, -0.2) is 0 Å². The molecule has 0 atom stereocenters. The number of rotatable bonds is 4. The number of phenols is 1. The molecule has 6 nitrogen and oxygen atoms in total. The first-order chi connectivity index (χ1) is 8.47. The summed E-state index contributed by atoms with van der Waals surface area (Å²) in [5, 5.41) is 12.4. The topological polar surface area (TPSA) is 93.8 Å². The number of hydrogen-bond donors (Lipinski definition) is 3. The molecular weight excluding hydrogens is 256 g/mol.